The predicted octanol–water partition coefficient (Wildman–Crippen LogP) is -0.423. The molecule has 0 aromatic carbocycles. The highest BCUT2D eigenvalue weighted by atomic mass is 32.2. The van der Waals surface area contributed by atoms with Crippen molar-refractivity contribution in [3.05, 3.63) is 0 Å². The molecule has 70 valence electrons. The van der Waals surface area contributed by atoms with E-state index < -0.39 is 5.25 Å². The van der Waals surface area contributed by atoms with Crippen LogP contribution in [0.1, 0.15) is 6.42 Å². The van der Waals surface area contributed by atoms with E-state index in [1.54, 1.807) is 0 Å². The fraction of sp³-hybridized carbons (Fsp3) is 0.714. The SMILES string of the molecule is [B]SC1CC(=O)N(CCOC)C1=O. The molecular weight excluding hydrogens is 189 g/mol. The van der Waals surface area contributed by atoms with Crippen LogP contribution in [0.4, 0.5) is 0 Å². The smallest absolute Gasteiger partial charge is 0.241 e. The summed E-state index contributed by atoms with van der Waals surface area (Å²) in [6.07, 6.45) is 0.212. The minimum Gasteiger partial charge on any atom is -0.383 e. The average Bonchev–Trinajstić information content (AvgIpc) is 2.39. The van der Waals surface area contributed by atoms with Crippen LogP contribution in [0.25, 0.3) is 0 Å². The van der Waals surface area contributed by atoms with Gasteiger partial charge in [-0.2, -0.15) is 0 Å². The topological polar surface area (TPSA) is 46.6 Å². The maximum atomic E-state index is 11.4. The Kier molecular flexibility index (Phi) is 3.80. The van der Waals surface area contributed by atoms with Gasteiger partial charge < -0.3 is 4.74 Å². The molecule has 1 saturated heterocycles. The van der Waals surface area contributed by atoms with Gasteiger partial charge in [-0.15, -0.1) is 0 Å². The molecule has 0 saturated carbocycles. The van der Waals surface area contributed by atoms with Crippen LogP contribution in [0.5, 0.6) is 0 Å². The van der Waals surface area contributed by atoms with Gasteiger partial charge in [-0.05, 0) is 0 Å². The second-order valence-corrected chi connectivity index (χ2v) is 3.55. The fourth-order valence-corrected chi connectivity index (χ4v) is 1.66. The number of hydrogen-bond donors (Lipinski definition) is 0. The number of rotatable bonds is 4. The molecule has 2 radical (unpaired) electrons. The summed E-state index contributed by atoms with van der Waals surface area (Å²) >= 11 is 0.929. The fourth-order valence-electron chi connectivity index (χ4n) is 1.18. The third-order valence-electron chi connectivity index (χ3n) is 1.89. The number of carbonyl (C=O) groups is 2. The molecule has 1 rings (SSSR count). The van der Waals surface area contributed by atoms with Gasteiger partial charge in [0.25, 0.3) is 0 Å². The first-order chi connectivity index (χ1) is 6.20. The molecule has 0 aliphatic carbocycles. The molecule has 0 spiro atoms. The third-order valence-corrected chi connectivity index (χ3v) is 2.58. The molecule has 0 bridgehead atoms. The van der Waals surface area contributed by atoms with E-state index in [4.69, 9.17) is 11.9 Å². The lowest BCUT2D eigenvalue weighted by atomic mass is 10.4. The highest BCUT2D eigenvalue weighted by Crippen LogP contribution is 2.21. The molecule has 1 heterocycles. The number of amides is 2. The van der Waals surface area contributed by atoms with E-state index in [9.17, 15) is 9.59 Å². The molecule has 1 aliphatic heterocycles. The zero-order valence-electron chi connectivity index (χ0n) is 7.36. The van der Waals surface area contributed by atoms with Crippen molar-refractivity contribution in [2.45, 2.75) is 11.7 Å². The maximum absolute atomic E-state index is 11.4. The molecule has 0 N–H and O–H groups in total. The quantitative estimate of drug-likeness (QED) is 0.455. The first-order valence-corrected chi connectivity index (χ1v) is 4.83. The summed E-state index contributed by atoms with van der Waals surface area (Å²) in [4.78, 5) is 23.8. The van der Waals surface area contributed by atoms with Gasteiger partial charge in [0.15, 0.2) is 7.12 Å². The standard InChI is InChI=1S/C7H10BNO3S/c1-12-3-2-9-6(10)4-5(13-8)7(9)11/h5H,2-4H2,1H3. The zero-order valence-corrected chi connectivity index (χ0v) is 8.17. The summed E-state index contributed by atoms with van der Waals surface area (Å²) in [5.74, 6) is -0.362. The summed E-state index contributed by atoms with van der Waals surface area (Å²) in [5, 5.41) is -0.399. The number of carbonyl (C=O) groups excluding carboxylic acids is 2. The normalized spacial score (nSPS) is 22.8. The molecule has 6 heteroatoms. The Labute approximate surface area is 82.3 Å². The van der Waals surface area contributed by atoms with Crippen LogP contribution in [0.15, 0.2) is 0 Å². The van der Waals surface area contributed by atoms with Crippen molar-refractivity contribution in [1.82, 2.24) is 4.90 Å². The van der Waals surface area contributed by atoms with Gasteiger partial charge in [0, 0.05) is 13.5 Å². The van der Waals surface area contributed by atoms with E-state index in [1.165, 1.54) is 12.0 Å². The highest BCUT2D eigenvalue weighted by molar-refractivity contribution is 8.20. The zero-order chi connectivity index (χ0) is 9.84. The van der Waals surface area contributed by atoms with E-state index in [1.807, 2.05) is 0 Å². The Hall–Kier alpha value is -0.485. The number of likely N-dealkylation sites (tertiary alicyclic amines) is 1. The highest BCUT2D eigenvalue weighted by Gasteiger charge is 2.36. The number of methoxy groups -OCH3 is 1. The van der Waals surface area contributed by atoms with Crippen LogP contribution in [0.3, 0.4) is 0 Å². The van der Waals surface area contributed by atoms with Gasteiger partial charge in [0.1, 0.15) is 0 Å². The maximum Gasteiger partial charge on any atom is 0.241 e. The Balaban J connectivity index is 2.54. The lowest BCUT2D eigenvalue weighted by Crippen LogP contribution is -2.34. The van der Waals surface area contributed by atoms with Gasteiger partial charge in [0.2, 0.25) is 11.8 Å². The minimum atomic E-state index is -0.399. The molecular formula is C7H10BNO3S. The Morgan fingerprint density at radius 1 is 1.69 bits per heavy atom. The number of ether oxygens (including phenoxy) is 1. The molecule has 0 aromatic rings. The molecule has 1 atom stereocenters. The molecule has 13 heavy (non-hydrogen) atoms. The van der Waals surface area contributed by atoms with Crippen LogP contribution in [0, 0.1) is 0 Å². The Morgan fingerprint density at radius 2 is 2.38 bits per heavy atom. The van der Waals surface area contributed by atoms with Crippen molar-refractivity contribution in [1.29, 1.82) is 0 Å². The van der Waals surface area contributed by atoms with E-state index >= 15 is 0 Å². The van der Waals surface area contributed by atoms with E-state index in [0.29, 0.717) is 13.2 Å². The predicted molar refractivity (Wildman–Crippen MR) is 50.3 cm³/mol. The lowest BCUT2D eigenvalue weighted by Gasteiger charge is -2.13. The monoisotopic (exact) mass is 199 g/mol. The number of imide groups is 1. The van der Waals surface area contributed by atoms with Gasteiger partial charge in [-0.1, -0.05) is 0 Å². The van der Waals surface area contributed by atoms with Crippen molar-refractivity contribution in [3.8, 4) is 0 Å². The van der Waals surface area contributed by atoms with Gasteiger partial charge in [-0.25, -0.2) is 11.6 Å². The van der Waals surface area contributed by atoms with Crippen LogP contribution in [-0.2, 0) is 14.3 Å². The minimum absolute atomic E-state index is 0.162. The van der Waals surface area contributed by atoms with E-state index in [0.717, 1.165) is 11.6 Å². The average molecular weight is 199 g/mol. The first-order valence-electron chi connectivity index (χ1n) is 3.89. The first kappa shape index (κ1) is 10.6. The largest absolute Gasteiger partial charge is 0.383 e. The van der Waals surface area contributed by atoms with E-state index in [-0.39, 0.29) is 18.2 Å². The second kappa shape index (κ2) is 4.67. The van der Waals surface area contributed by atoms with Crippen molar-refractivity contribution in [3.63, 3.8) is 0 Å². The van der Waals surface area contributed by atoms with Crippen molar-refractivity contribution in [2.75, 3.05) is 20.3 Å². The summed E-state index contributed by atoms with van der Waals surface area (Å²) < 4.78 is 4.79. The van der Waals surface area contributed by atoms with Crippen LogP contribution < -0.4 is 0 Å². The Morgan fingerprint density at radius 3 is 2.85 bits per heavy atom. The van der Waals surface area contributed by atoms with E-state index in [2.05, 4.69) is 0 Å². The van der Waals surface area contributed by atoms with Crippen molar-refractivity contribution in [2.24, 2.45) is 0 Å². The van der Waals surface area contributed by atoms with Gasteiger partial charge in [-0.3, -0.25) is 14.5 Å². The Bertz CT molecular complexity index is 224. The second-order valence-electron chi connectivity index (χ2n) is 2.71. The summed E-state index contributed by atoms with van der Waals surface area (Å²) in [7, 11) is 6.79. The molecule has 1 fully saturated rings. The van der Waals surface area contributed by atoms with Crippen molar-refractivity contribution >= 4 is 30.6 Å². The molecule has 1 unspecified atom stereocenters. The summed E-state index contributed by atoms with van der Waals surface area (Å²) in [6, 6.07) is 0. The molecule has 1 aliphatic rings. The van der Waals surface area contributed by atoms with Gasteiger partial charge >= 0.3 is 0 Å². The number of hydrogen-bond acceptors (Lipinski definition) is 4. The summed E-state index contributed by atoms with van der Waals surface area (Å²) in [5.41, 5.74) is 0. The molecule has 2 amide bonds. The lowest BCUT2D eigenvalue weighted by molar-refractivity contribution is -0.138. The van der Waals surface area contributed by atoms with Crippen LogP contribution in [-0.4, -0.2) is 49.4 Å². The third kappa shape index (κ3) is 2.25. The molecule has 4 nitrogen and oxygen atoms in total. The van der Waals surface area contributed by atoms with Crippen LogP contribution >= 0.6 is 11.6 Å². The van der Waals surface area contributed by atoms with Crippen molar-refractivity contribution < 1.29 is 14.3 Å². The number of nitrogens with zero attached hydrogens (tertiary/aromatic N) is 1. The molecule has 0 aromatic heterocycles. The van der Waals surface area contributed by atoms with Crippen LogP contribution in [0.2, 0.25) is 0 Å². The van der Waals surface area contributed by atoms with Gasteiger partial charge in [0.05, 0.1) is 18.4 Å². The summed E-state index contributed by atoms with van der Waals surface area (Å²) in [6.45, 7) is 0.699.